The Hall–Kier alpha value is -1.89. The third-order valence-electron chi connectivity index (χ3n) is 1.76. The van der Waals surface area contributed by atoms with Crippen molar-refractivity contribution in [2.24, 2.45) is 0 Å². The molecule has 0 unspecified atom stereocenters. The molecule has 1 heterocycles. The van der Waals surface area contributed by atoms with Gasteiger partial charge in [-0.05, 0) is 24.4 Å². The van der Waals surface area contributed by atoms with E-state index in [1.54, 1.807) is 6.07 Å². The minimum absolute atomic E-state index is 0.114. The molecule has 0 saturated heterocycles. The minimum Gasteiger partial charge on any atom is -0.459 e. The van der Waals surface area contributed by atoms with Gasteiger partial charge in [0.25, 0.3) is 5.91 Å². The van der Waals surface area contributed by atoms with Gasteiger partial charge in [0.05, 0.1) is 6.26 Å². The van der Waals surface area contributed by atoms with E-state index in [0.29, 0.717) is 13.1 Å². The molecule has 3 N–H and O–H groups in total. The van der Waals surface area contributed by atoms with Crippen molar-refractivity contribution in [3.05, 3.63) is 24.2 Å². The molecular formula is C10H13N3O3S. The van der Waals surface area contributed by atoms with Gasteiger partial charge in [-0.2, -0.15) is 0 Å². The van der Waals surface area contributed by atoms with Crippen LogP contribution in [0.3, 0.4) is 0 Å². The maximum absolute atomic E-state index is 11.5. The Kier molecular flexibility index (Phi) is 5.15. The fraction of sp³-hybridized carbons (Fsp3) is 0.300. The molecule has 0 aromatic carbocycles. The summed E-state index contributed by atoms with van der Waals surface area (Å²) >= 11 is 4.89. The normalized spacial score (nSPS) is 9.47. The van der Waals surface area contributed by atoms with Gasteiger partial charge < -0.3 is 15.1 Å². The number of rotatable bonds is 4. The van der Waals surface area contributed by atoms with Gasteiger partial charge in [-0.15, -0.1) is 0 Å². The van der Waals surface area contributed by atoms with E-state index >= 15 is 0 Å². The Morgan fingerprint density at radius 2 is 2.06 bits per heavy atom. The quantitative estimate of drug-likeness (QED) is 0.522. The van der Waals surface area contributed by atoms with Gasteiger partial charge in [-0.3, -0.25) is 14.9 Å². The highest BCUT2D eigenvalue weighted by Gasteiger charge is 2.09. The molecule has 1 aromatic rings. The van der Waals surface area contributed by atoms with Crippen molar-refractivity contribution in [1.29, 1.82) is 0 Å². The van der Waals surface area contributed by atoms with Crippen molar-refractivity contribution in [1.82, 2.24) is 16.0 Å². The van der Waals surface area contributed by atoms with E-state index in [9.17, 15) is 9.59 Å². The van der Waals surface area contributed by atoms with Crippen LogP contribution < -0.4 is 16.0 Å². The fourth-order valence-electron chi connectivity index (χ4n) is 1.03. The van der Waals surface area contributed by atoms with Gasteiger partial charge in [0.15, 0.2) is 10.9 Å². The highest BCUT2D eigenvalue weighted by molar-refractivity contribution is 7.80. The molecule has 6 nitrogen and oxygen atoms in total. The molecule has 0 saturated carbocycles. The fourth-order valence-corrected chi connectivity index (χ4v) is 1.23. The van der Waals surface area contributed by atoms with Crippen LogP contribution in [0.4, 0.5) is 0 Å². The number of carbonyl (C=O) groups is 2. The predicted octanol–water partition coefficient (Wildman–Crippen LogP) is 0.0200. The number of nitrogens with one attached hydrogen (secondary N) is 3. The van der Waals surface area contributed by atoms with E-state index in [-0.39, 0.29) is 16.8 Å². The van der Waals surface area contributed by atoms with Gasteiger partial charge in [-0.1, -0.05) is 0 Å². The average molecular weight is 255 g/mol. The van der Waals surface area contributed by atoms with Gasteiger partial charge in [0.1, 0.15) is 0 Å². The van der Waals surface area contributed by atoms with E-state index in [4.69, 9.17) is 16.6 Å². The van der Waals surface area contributed by atoms with Crippen LogP contribution in [0.1, 0.15) is 17.5 Å². The first-order chi connectivity index (χ1) is 8.09. The van der Waals surface area contributed by atoms with Crippen molar-refractivity contribution >= 4 is 29.1 Å². The lowest BCUT2D eigenvalue weighted by Crippen LogP contribution is -2.42. The Morgan fingerprint density at radius 1 is 1.35 bits per heavy atom. The molecule has 0 atom stereocenters. The Labute approximate surface area is 104 Å². The number of hydrogen-bond donors (Lipinski definition) is 3. The molecule has 1 rings (SSSR count). The average Bonchev–Trinajstić information content (AvgIpc) is 2.77. The van der Waals surface area contributed by atoms with Gasteiger partial charge in [0.2, 0.25) is 5.91 Å². The lowest BCUT2D eigenvalue weighted by Gasteiger charge is -2.08. The zero-order valence-corrected chi connectivity index (χ0v) is 10.1. The van der Waals surface area contributed by atoms with Crippen LogP contribution in [0.25, 0.3) is 0 Å². The smallest absolute Gasteiger partial charge is 0.293 e. The van der Waals surface area contributed by atoms with Crippen molar-refractivity contribution < 1.29 is 14.0 Å². The standard InChI is InChI=1S/C10H13N3O3S/c1-7(14)11-4-5-12-10(17)13-9(15)8-3-2-6-16-8/h2-3,6H,4-5H2,1H3,(H,11,14)(H2,12,13,15,17). The SMILES string of the molecule is CC(=O)NCCNC(=S)NC(=O)c1ccco1. The van der Waals surface area contributed by atoms with E-state index in [1.165, 1.54) is 19.3 Å². The van der Waals surface area contributed by atoms with Gasteiger partial charge in [-0.25, -0.2) is 0 Å². The van der Waals surface area contributed by atoms with Crippen LogP contribution in [-0.2, 0) is 4.79 Å². The summed E-state index contributed by atoms with van der Waals surface area (Å²) in [6.45, 7) is 2.31. The van der Waals surface area contributed by atoms with E-state index in [1.807, 2.05) is 0 Å². The molecule has 7 heteroatoms. The Bertz CT molecular complexity index is 403. The van der Waals surface area contributed by atoms with Gasteiger partial charge in [0, 0.05) is 20.0 Å². The monoisotopic (exact) mass is 255 g/mol. The maximum Gasteiger partial charge on any atom is 0.293 e. The number of furan rings is 1. The molecule has 0 aliphatic heterocycles. The van der Waals surface area contributed by atoms with Crippen LogP contribution in [0.15, 0.2) is 22.8 Å². The molecule has 0 spiro atoms. The van der Waals surface area contributed by atoms with E-state index in [2.05, 4.69) is 16.0 Å². The second-order valence-corrected chi connectivity index (χ2v) is 3.58. The van der Waals surface area contributed by atoms with Crippen LogP contribution in [0.2, 0.25) is 0 Å². The lowest BCUT2D eigenvalue weighted by atomic mass is 10.4. The molecule has 0 aliphatic carbocycles. The van der Waals surface area contributed by atoms with Crippen LogP contribution in [0.5, 0.6) is 0 Å². The lowest BCUT2D eigenvalue weighted by molar-refractivity contribution is -0.118. The predicted molar refractivity (Wildman–Crippen MR) is 65.5 cm³/mol. The first-order valence-electron chi connectivity index (χ1n) is 4.96. The number of hydrogen-bond acceptors (Lipinski definition) is 4. The first kappa shape index (κ1) is 13.2. The van der Waals surface area contributed by atoms with E-state index < -0.39 is 5.91 Å². The van der Waals surface area contributed by atoms with Crippen LogP contribution in [0, 0.1) is 0 Å². The second-order valence-electron chi connectivity index (χ2n) is 3.17. The summed E-state index contributed by atoms with van der Waals surface area (Å²) in [5, 5.41) is 8.00. The molecule has 0 aliphatic rings. The number of thiocarbonyl (C=S) groups is 1. The summed E-state index contributed by atoms with van der Waals surface area (Å²) in [6, 6.07) is 3.15. The summed E-state index contributed by atoms with van der Waals surface area (Å²) in [6.07, 6.45) is 1.40. The van der Waals surface area contributed by atoms with E-state index in [0.717, 1.165) is 0 Å². The highest BCUT2D eigenvalue weighted by atomic mass is 32.1. The largest absolute Gasteiger partial charge is 0.459 e. The molecule has 17 heavy (non-hydrogen) atoms. The molecule has 2 amide bonds. The summed E-state index contributed by atoms with van der Waals surface area (Å²) in [5.74, 6) is -0.333. The summed E-state index contributed by atoms with van der Waals surface area (Å²) in [5.41, 5.74) is 0. The Morgan fingerprint density at radius 3 is 2.65 bits per heavy atom. The molecule has 0 radical (unpaired) electrons. The maximum atomic E-state index is 11.5. The Balaban J connectivity index is 2.21. The third kappa shape index (κ3) is 5.12. The highest BCUT2D eigenvalue weighted by Crippen LogP contribution is 1.98. The second kappa shape index (κ2) is 6.64. The number of amides is 2. The van der Waals surface area contributed by atoms with Crippen LogP contribution in [-0.4, -0.2) is 30.0 Å². The summed E-state index contributed by atoms with van der Waals surface area (Å²) in [4.78, 5) is 22.0. The summed E-state index contributed by atoms with van der Waals surface area (Å²) in [7, 11) is 0. The molecule has 92 valence electrons. The van der Waals surface area contributed by atoms with Crippen molar-refractivity contribution in [2.45, 2.75) is 6.92 Å². The minimum atomic E-state index is -0.410. The van der Waals surface area contributed by atoms with Crippen molar-refractivity contribution in [3.63, 3.8) is 0 Å². The third-order valence-corrected chi connectivity index (χ3v) is 2.00. The molecule has 0 bridgehead atoms. The topological polar surface area (TPSA) is 83.4 Å². The van der Waals surface area contributed by atoms with Gasteiger partial charge >= 0.3 is 0 Å². The molecule has 1 aromatic heterocycles. The van der Waals surface area contributed by atoms with Crippen molar-refractivity contribution in [2.75, 3.05) is 13.1 Å². The molecular weight excluding hydrogens is 242 g/mol. The molecule has 0 fully saturated rings. The summed E-state index contributed by atoms with van der Waals surface area (Å²) < 4.78 is 4.90. The van der Waals surface area contributed by atoms with Crippen molar-refractivity contribution in [3.8, 4) is 0 Å². The number of carbonyl (C=O) groups excluding carboxylic acids is 2. The zero-order valence-electron chi connectivity index (χ0n) is 9.28. The van der Waals surface area contributed by atoms with Crippen LogP contribution >= 0.6 is 12.2 Å². The first-order valence-corrected chi connectivity index (χ1v) is 5.37. The zero-order chi connectivity index (χ0) is 12.7.